The summed E-state index contributed by atoms with van der Waals surface area (Å²) < 4.78 is 5.56. The summed E-state index contributed by atoms with van der Waals surface area (Å²) in [6.07, 6.45) is 1.05. The van der Waals surface area contributed by atoms with Crippen LogP contribution in [0.4, 0.5) is 11.4 Å². The van der Waals surface area contributed by atoms with Crippen molar-refractivity contribution in [3.8, 4) is 5.75 Å². The van der Waals surface area contributed by atoms with Crippen LogP contribution in [-0.4, -0.2) is 40.3 Å². The molecule has 1 aliphatic rings. The first kappa shape index (κ1) is 22.2. The van der Waals surface area contributed by atoms with Crippen LogP contribution in [0.25, 0.3) is 0 Å². The fraction of sp³-hybridized carbons (Fsp3) is 0.318. The van der Waals surface area contributed by atoms with E-state index in [1.807, 2.05) is 32.0 Å². The molecule has 1 aliphatic heterocycles. The number of amides is 2. The number of amidine groups is 1. The molecule has 0 aliphatic carbocycles. The maximum Gasteiger partial charge on any atom is 0.238 e. The zero-order valence-electron chi connectivity index (χ0n) is 16.9. The number of carbonyl (C=O) groups excluding carboxylic acids is 2. The standard InChI is InChI=1S/C22H24ClN3O3S/c1-3-12-29-18-10-8-16(9-11-18)24-21(28)19-14-20(27)26(4-2)22(30-19)25-17-7-5-6-15(23)13-17/h5-11,13,19H,3-4,12,14H2,1-2H3,(H,24,28). The predicted molar refractivity (Wildman–Crippen MR) is 123 cm³/mol. The molecule has 1 fully saturated rings. The van der Waals surface area contributed by atoms with Gasteiger partial charge in [-0.05, 0) is 55.8 Å². The van der Waals surface area contributed by atoms with Crippen molar-refractivity contribution < 1.29 is 14.3 Å². The van der Waals surface area contributed by atoms with Gasteiger partial charge in [0.25, 0.3) is 0 Å². The summed E-state index contributed by atoms with van der Waals surface area (Å²) >= 11 is 7.33. The van der Waals surface area contributed by atoms with Gasteiger partial charge < -0.3 is 10.1 Å². The summed E-state index contributed by atoms with van der Waals surface area (Å²) in [4.78, 5) is 31.6. The highest BCUT2D eigenvalue weighted by Gasteiger charge is 2.35. The average Bonchev–Trinajstić information content (AvgIpc) is 2.73. The molecule has 30 heavy (non-hydrogen) atoms. The van der Waals surface area contributed by atoms with Crippen molar-refractivity contribution in [1.29, 1.82) is 0 Å². The Bertz CT molecular complexity index is 933. The minimum Gasteiger partial charge on any atom is -0.494 e. The minimum absolute atomic E-state index is 0.122. The largest absolute Gasteiger partial charge is 0.494 e. The van der Waals surface area contributed by atoms with E-state index in [0.29, 0.717) is 34.7 Å². The molecule has 6 nitrogen and oxygen atoms in total. The van der Waals surface area contributed by atoms with E-state index >= 15 is 0 Å². The summed E-state index contributed by atoms with van der Waals surface area (Å²) in [6.45, 7) is 5.06. The van der Waals surface area contributed by atoms with Gasteiger partial charge in [-0.15, -0.1) is 0 Å². The van der Waals surface area contributed by atoms with Crippen LogP contribution in [0.5, 0.6) is 5.75 Å². The number of hydrogen-bond acceptors (Lipinski definition) is 5. The number of carbonyl (C=O) groups is 2. The van der Waals surface area contributed by atoms with Gasteiger partial charge in [-0.2, -0.15) is 0 Å². The molecule has 1 saturated heterocycles. The number of thioether (sulfide) groups is 1. The lowest BCUT2D eigenvalue weighted by Crippen LogP contribution is -2.45. The van der Waals surface area contributed by atoms with Crippen LogP contribution in [0.1, 0.15) is 26.7 Å². The van der Waals surface area contributed by atoms with Gasteiger partial charge in [-0.3, -0.25) is 14.5 Å². The molecule has 0 radical (unpaired) electrons. The second-order valence-electron chi connectivity index (χ2n) is 6.68. The minimum atomic E-state index is -0.561. The van der Waals surface area contributed by atoms with E-state index in [1.54, 1.807) is 35.2 Å². The Labute approximate surface area is 185 Å². The smallest absolute Gasteiger partial charge is 0.238 e. The summed E-state index contributed by atoms with van der Waals surface area (Å²) in [7, 11) is 0. The lowest BCUT2D eigenvalue weighted by atomic mass is 10.2. The number of anilines is 1. The quantitative estimate of drug-likeness (QED) is 0.642. The van der Waals surface area contributed by atoms with Crippen molar-refractivity contribution in [2.24, 2.45) is 4.99 Å². The highest BCUT2D eigenvalue weighted by molar-refractivity contribution is 8.15. The van der Waals surface area contributed by atoms with E-state index in [2.05, 4.69) is 10.3 Å². The second-order valence-corrected chi connectivity index (χ2v) is 8.29. The number of halogens is 1. The molecular formula is C22H24ClN3O3S. The van der Waals surface area contributed by atoms with E-state index in [-0.39, 0.29) is 18.2 Å². The van der Waals surface area contributed by atoms with Gasteiger partial charge >= 0.3 is 0 Å². The monoisotopic (exact) mass is 445 g/mol. The molecule has 158 valence electrons. The third-order valence-electron chi connectivity index (χ3n) is 4.38. The SMILES string of the molecule is CCCOc1ccc(NC(=O)C2CC(=O)N(CC)C(=Nc3cccc(Cl)c3)S2)cc1. The van der Waals surface area contributed by atoms with Crippen LogP contribution in [-0.2, 0) is 9.59 Å². The number of rotatable bonds is 7. The predicted octanol–water partition coefficient (Wildman–Crippen LogP) is 5.11. The molecular weight excluding hydrogens is 422 g/mol. The fourth-order valence-corrected chi connectivity index (χ4v) is 4.23. The molecule has 2 aromatic rings. The topological polar surface area (TPSA) is 71.0 Å². The molecule has 0 spiro atoms. The van der Waals surface area contributed by atoms with Crippen molar-refractivity contribution in [3.63, 3.8) is 0 Å². The van der Waals surface area contributed by atoms with Gasteiger partial charge in [0.2, 0.25) is 11.8 Å². The Morgan fingerprint density at radius 2 is 2.03 bits per heavy atom. The first-order valence-corrected chi connectivity index (χ1v) is 11.1. The molecule has 8 heteroatoms. The van der Waals surface area contributed by atoms with Crippen molar-refractivity contribution in [2.75, 3.05) is 18.5 Å². The molecule has 0 saturated carbocycles. The van der Waals surface area contributed by atoms with Gasteiger partial charge in [-0.25, -0.2) is 4.99 Å². The number of ether oxygens (including phenoxy) is 1. The molecule has 1 heterocycles. The third kappa shape index (κ3) is 5.77. The molecule has 3 rings (SSSR count). The first-order valence-electron chi connectivity index (χ1n) is 9.85. The van der Waals surface area contributed by atoms with Crippen LogP contribution in [0.3, 0.4) is 0 Å². The first-order chi connectivity index (χ1) is 14.5. The van der Waals surface area contributed by atoms with Crippen molar-refractivity contribution >= 4 is 51.7 Å². The Balaban J connectivity index is 1.72. The fourth-order valence-electron chi connectivity index (χ4n) is 2.89. The van der Waals surface area contributed by atoms with E-state index in [4.69, 9.17) is 16.3 Å². The molecule has 2 aromatic carbocycles. The van der Waals surface area contributed by atoms with Crippen molar-refractivity contribution in [1.82, 2.24) is 4.90 Å². The Kier molecular flexibility index (Phi) is 7.76. The zero-order chi connectivity index (χ0) is 21.5. The summed E-state index contributed by atoms with van der Waals surface area (Å²) in [5.41, 5.74) is 1.29. The van der Waals surface area contributed by atoms with E-state index in [1.165, 1.54) is 11.8 Å². The highest BCUT2D eigenvalue weighted by Crippen LogP contribution is 2.30. The molecule has 0 bridgehead atoms. The van der Waals surface area contributed by atoms with Gasteiger partial charge in [0.15, 0.2) is 5.17 Å². The summed E-state index contributed by atoms with van der Waals surface area (Å²) in [5.74, 6) is 0.400. The van der Waals surface area contributed by atoms with Gasteiger partial charge in [0.1, 0.15) is 11.0 Å². The van der Waals surface area contributed by atoms with Crippen LogP contribution in [0, 0.1) is 0 Å². The number of nitrogens with zero attached hydrogens (tertiary/aromatic N) is 2. The van der Waals surface area contributed by atoms with E-state index in [9.17, 15) is 9.59 Å². The van der Waals surface area contributed by atoms with Gasteiger partial charge in [0, 0.05) is 23.7 Å². The number of nitrogens with one attached hydrogen (secondary N) is 1. The Hall–Kier alpha value is -2.51. The van der Waals surface area contributed by atoms with Gasteiger partial charge in [-0.1, -0.05) is 36.4 Å². The second kappa shape index (κ2) is 10.5. The maximum atomic E-state index is 12.8. The van der Waals surface area contributed by atoms with Crippen molar-refractivity contribution in [3.05, 3.63) is 53.6 Å². The number of aliphatic imine (C=N–C) groups is 1. The van der Waals surface area contributed by atoms with Crippen LogP contribution in [0.2, 0.25) is 5.02 Å². The van der Waals surface area contributed by atoms with Crippen LogP contribution >= 0.6 is 23.4 Å². The third-order valence-corrected chi connectivity index (χ3v) is 5.80. The molecule has 2 amide bonds. The summed E-state index contributed by atoms with van der Waals surface area (Å²) in [6, 6.07) is 14.3. The number of hydrogen-bond donors (Lipinski definition) is 1. The summed E-state index contributed by atoms with van der Waals surface area (Å²) in [5, 5.41) is 3.38. The molecule has 1 atom stereocenters. The zero-order valence-corrected chi connectivity index (χ0v) is 18.5. The Morgan fingerprint density at radius 1 is 1.27 bits per heavy atom. The lowest BCUT2D eigenvalue weighted by Gasteiger charge is -2.30. The van der Waals surface area contributed by atoms with Crippen molar-refractivity contribution in [2.45, 2.75) is 31.9 Å². The molecule has 1 unspecified atom stereocenters. The normalized spacial score (nSPS) is 17.8. The van der Waals surface area contributed by atoms with E-state index < -0.39 is 5.25 Å². The Morgan fingerprint density at radius 3 is 2.70 bits per heavy atom. The van der Waals surface area contributed by atoms with Gasteiger partial charge in [0.05, 0.1) is 12.3 Å². The maximum absolute atomic E-state index is 12.8. The molecule has 1 N–H and O–H groups in total. The lowest BCUT2D eigenvalue weighted by molar-refractivity contribution is -0.129. The number of benzene rings is 2. The molecule has 0 aromatic heterocycles. The van der Waals surface area contributed by atoms with E-state index in [0.717, 1.165) is 12.2 Å². The highest BCUT2D eigenvalue weighted by atomic mass is 35.5. The van der Waals surface area contributed by atoms with Crippen LogP contribution < -0.4 is 10.1 Å². The average molecular weight is 446 g/mol. The van der Waals surface area contributed by atoms with Crippen LogP contribution in [0.15, 0.2) is 53.5 Å².